The monoisotopic (exact) mass is 457 g/mol. The number of carbonyl (C=O) groups excluding carboxylic acids is 1. The Balaban J connectivity index is 1.67. The minimum absolute atomic E-state index is 0.0168. The molecule has 2 aromatic heterocycles. The lowest BCUT2D eigenvalue weighted by molar-refractivity contribution is -0.114. The molecular weight excluding hydrogens is 446 g/mol. The summed E-state index contributed by atoms with van der Waals surface area (Å²) in [6.45, 7) is 0. The fourth-order valence-electron chi connectivity index (χ4n) is 2.00. The molecule has 0 aliphatic rings. The molecule has 0 saturated carbocycles. The number of hydrogen-bond acceptors (Lipinski definition) is 8. The van der Waals surface area contributed by atoms with Crippen molar-refractivity contribution in [3.63, 3.8) is 0 Å². The molecule has 26 heavy (non-hydrogen) atoms. The van der Waals surface area contributed by atoms with Gasteiger partial charge in [-0.25, -0.2) is 8.42 Å². The first-order valence-electron chi connectivity index (χ1n) is 7.13. The zero-order valence-corrected chi connectivity index (χ0v) is 16.5. The Bertz CT molecular complexity index is 1030. The van der Waals surface area contributed by atoms with Crippen LogP contribution in [0.1, 0.15) is 0 Å². The lowest BCUT2D eigenvalue weighted by Gasteiger charge is -2.05. The number of benzene rings is 1. The van der Waals surface area contributed by atoms with Crippen LogP contribution in [0, 0.1) is 0 Å². The highest BCUT2D eigenvalue weighted by Crippen LogP contribution is 2.30. The molecule has 0 fully saturated rings. The van der Waals surface area contributed by atoms with E-state index in [-0.39, 0.29) is 16.8 Å². The molecule has 11 heteroatoms. The predicted molar refractivity (Wildman–Crippen MR) is 99.0 cm³/mol. The van der Waals surface area contributed by atoms with Gasteiger partial charge in [-0.1, -0.05) is 5.10 Å². The molecule has 0 saturated heterocycles. The van der Waals surface area contributed by atoms with E-state index in [1.54, 1.807) is 6.07 Å². The number of sulfone groups is 1. The van der Waals surface area contributed by atoms with E-state index in [0.717, 1.165) is 8.66 Å². The number of nitrogens with zero attached hydrogens (tertiary/aromatic N) is 2. The lowest BCUT2D eigenvalue weighted by atomic mass is 10.3. The first-order valence-corrected chi connectivity index (χ1v) is 10.4. The van der Waals surface area contributed by atoms with Crippen molar-refractivity contribution in [3.05, 3.63) is 40.2 Å². The molecule has 8 nitrogen and oxygen atoms in total. The van der Waals surface area contributed by atoms with Gasteiger partial charge in [-0.2, -0.15) is 0 Å². The third kappa shape index (κ3) is 4.29. The second kappa shape index (κ2) is 7.56. The smallest absolute Gasteiger partial charge is 0.322 e. The number of ether oxygens (including phenoxy) is 1. The average Bonchev–Trinajstić information content (AvgIpc) is 3.23. The molecule has 1 aromatic carbocycles. The largest absolute Gasteiger partial charge is 0.497 e. The maximum absolute atomic E-state index is 12.3. The Kier molecular flexibility index (Phi) is 5.39. The second-order valence-corrected chi connectivity index (χ2v) is 9.45. The number of anilines is 1. The molecule has 0 spiro atoms. The molecule has 0 radical (unpaired) electrons. The van der Waals surface area contributed by atoms with E-state index in [0.29, 0.717) is 5.75 Å². The SMILES string of the molecule is COc1ccc(S(=O)(=O)CC(=O)Nc2nnc(-c3ccc(Br)s3)o2)cc1. The van der Waals surface area contributed by atoms with Gasteiger partial charge in [-0.15, -0.1) is 16.4 Å². The van der Waals surface area contributed by atoms with Crippen LogP contribution >= 0.6 is 27.3 Å². The van der Waals surface area contributed by atoms with Crippen molar-refractivity contribution in [1.82, 2.24) is 10.2 Å². The van der Waals surface area contributed by atoms with Crippen LogP contribution in [0.5, 0.6) is 5.75 Å². The Morgan fingerprint density at radius 2 is 1.96 bits per heavy atom. The number of thiophene rings is 1. The van der Waals surface area contributed by atoms with E-state index in [1.807, 2.05) is 6.07 Å². The lowest BCUT2D eigenvalue weighted by Crippen LogP contribution is -2.23. The summed E-state index contributed by atoms with van der Waals surface area (Å²) in [4.78, 5) is 12.8. The highest BCUT2D eigenvalue weighted by Gasteiger charge is 2.21. The van der Waals surface area contributed by atoms with Crippen molar-refractivity contribution in [1.29, 1.82) is 0 Å². The van der Waals surface area contributed by atoms with E-state index in [1.165, 1.54) is 42.7 Å². The number of hydrogen-bond donors (Lipinski definition) is 1. The van der Waals surface area contributed by atoms with Crippen LogP contribution in [0.3, 0.4) is 0 Å². The molecule has 0 aliphatic carbocycles. The molecule has 0 bridgehead atoms. The first-order chi connectivity index (χ1) is 12.4. The van der Waals surface area contributed by atoms with Gasteiger partial charge < -0.3 is 9.15 Å². The molecule has 136 valence electrons. The summed E-state index contributed by atoms with van der Waals surface area (Å²) in [6, 6.07) is 9.20. The standard InChI is InChI=1S/C15H12BrN3O5S2/c1-23-9-2-4-10(5-3-9)26(21,22)8-13(20)17-15-19-18-14(24-15)11-6-7-12(16)25-11/h2-7H,8H2,1H3,(H,17,19,20). The van der Waals surface area contributed by atoms with Gasteiger partial charge in [0.1, 0.15) is 11.5 Å². The van der Waals surface area contributed by atoms with Crippen LogP contribution in [0.2, 0.25) is 0 Å². The second-order valence-electron chi connectivity index (χ2n) is 5.00. The molecule has 3 rings (SSSR count). The quantitative estimate of drug-likeness (QED) is 0.605. The maximum atomic E-state index is 12.3. The van der Waals surface area contributed by atoms with Gasteiger partial charge in [-0.3, -0.25) is 10.1 Å². The van der Waals surface area contributed by atoms with Gasteiger partial charge in [0, 0.05) is 0 Å². The van der Waals surface area contributed by atoms with Crippen LogP contribution in [0.4, 0.5) is 6.01 Å². The van der Waals surface area contributed by atoms with Crippen molar-refractivity contribution in [3.8, 4) is 16.5 Å². The van der Waals surface area contributed by atoms with Crippen molar-refractivity contribution >= 4 is 49.0 Å². The Morgan fingerprint density at radius 1 is 1.23 bits per heavy atom. The fraction of sp³-hybridized carbons (Fsp3) is 0.133. The molecular formula is C15H12BrN3O5S2. The summed E-state index contributed by atoms with van der Waals surface area (Å²) in [6.07, 6.45) is 0. The zero-order valence-electron chi connectivity index (χ0n) is 13.3. The van der Waals surface area contributed by atoms with Crippen molar-refractivity contribution in [2.24, 2.45) is 0 Å². The first kappa shape index (κ1) is 18.5. The van der Waals surface area contributed by atoms with E-state index >= 15 is 0 Å². The van der Waals surface area contributed by atoms with Gasteiger partial charge in [0.25, 0.3) is 5.89 Å². The highest BCUT2D eigenvalue weighted by atomic mass is 79.9. The summed E-state index contributed by atoms with van der Waals surface area (Å²) in [5.41, 5.74) is 0. The minimum Gasteiger partial charge on any atom is -0.497 e. The minimum atomic E-state index is -3.81. The topological polar surface area (TPSA) is 111 Å². The third-order valence-corrected chi connectivity index (χ3v) is 6.44. The Morgan fingerprint density at radius 3 is 2.58 bits per heavy atom. The van der Waals surface area contributed by atoms with Gasteiger partial charge in [0.15, 0.2) is 9.84 Å². The van der Waals surface area contributed by atoms with E-state index in [2.05, 4.69) is 31.4 Å². The van der Waals surface area contributed by atoms with Gasteiger partial charge in [-0.05, 0) is 52.3 Å². The maximum Gasteiger partial charge on any atom is 0.322 e. The summed E-state index contributed by atoms with van der Waals surface area (Å²) in [5, 5.41) is 9.82. The van der Waals surface area contributed by atoms with Crippen LogP contribution in [-0.4, -0.2) is 37.4 Å². The molecule has 0 atom stereocenters. The fourth-order valence-corrected chi connectivity index (χ4v) is 4.44. The average molecular weight is 458 g/mol. The van der Waals surface area contributed by atoms with E-state index < -0.39 is 21.5 Å². The number of halogens is 1. The van der Waals surface area contributed by atoms with Gasteiger partial charge >= 0.3 is 6.01 Å². The van der Waals surface area contributed by atoms with Crippen LogP contribution in [0.15, 0.2) is 49.5 Å². The van der Waals surface area contributed by atoms with E-state index in [9.17, 15) is 13.2 Å². The molecule has 0 unspecified atom stereocenters. The number of nitrogens with one attached hydrogen (secondary N) is 1. The predicted octanol–water partition coefficient (Wildman–Crippen LogP) is 2.98. The molecule has 0 aliphatic heterocycles. The highest BCUT2D eigenvalue weighted by molar-refractivity contribution is 9.11. The summed E-state index contributed by atoms with van der Waals surface area (Å²) < 4.78 is 35.8. The molecule has 1 amide bonds. The Hall–Kier alpha value is -2.24. The van der Waals surface area contributed by atoms with Crippen LogP contribution in [0.25, 0.3) is 10.8 Å². The third-order valence-electron chi connectivity index (χ3n) is 3.20. The molecule has 3 aromatic rings. The van der Waals surface area contributed by atoms with Crippen LogP contribution in [-0.2, 0) is 14.6 Å². The number of methoxy groups -OCH3 is 1. The zero-order chi connectivity index (χ0) is 18.7. The molecule has 2 heterocycles. The van der Waals surface area contributed by atoms with Crippen molar-refractivity contribution < 1.29 is 22.4 Å². The summed E-state index contributed by atoms with van der Waals surface area (Å²) >= 11 is 4.71. The van der Waals surface area contributed by atoms with Gasteiger partial charge in [0.05, 0.1) is 20.7 Å². The number of carbonyl (C=O) groups is 1. The summed E-state index contributed by atoms with van der Waals surface area (Å²) in [7, 11) is -2.33. The van der Waals surface area contributed by atoms with Crippen molar-refractivity contribution in [2.45, 2.75) is 4.90 Å². The normalized spacial score (nSPS) is 11.3. The summed E-state index contributed by atoms with van der Waals surface area (Å²) in [5.74, 6) is -0.772. The number of rotatable bonds is 6. The van der Waals surface area contributed by atoms with Gasteiger partial charge in [0.2, 0.25) is 5.91 Å². The van der Waals surface area contributed by atoms with E-state index in [4.69, 9.17) is 9.15 Å². The van der Waals surface area contributed by atoms with Crippen LogP contribution < -0.4 is 10.1 Å². The number of amides is 1. The molecule has 1 N–H and O–H groups in total. The number of aromatic nitrogens is 2. The Labute approximate surface area is 161 Å². The van der Waals surface area contributed by atoms with Crippen molar-refractivity contribution in [2.75, 3.05) is 18.2 Å².